The smallest absolute Gasteiger partial charge is 0.339 e. The van der Waals surface area contributed by atoms with Crippen LogP contribution in [0.3, 0.4) is 0 Å². The highest BCUT2D eigenvalue weighted by molar-refractivity contribution is 5.91. The van der Waals surface area contributed by atoms with Crippen molar-refractivity contribution in [2.45, 2.75) is 13.8 Å². The number of aromatic hydroxyl groups is 4. The molecule has 0 spiro atoms. The fourth-order valence-corrected chi connectivity index (χ4v) is 1.39. The highest BCUT2D eigenvalue weighted by Crippen LogP contribution is 2.22. The van der Waals surface area contributed by atoms with Gasteiger partial charge < -0.3 is 30.6 Å². The van der Waals surface area contributed by atoms with E-state index in [0.717, 1.165) is 24.3 Å². The van der Waals surface area contributed by atoms with Crippen LogP contribution in [0.1, 0.15) is 34.6 Å². The van der Waals surface area contributed by atoms with Gasteiger partial charge in [0, 0.05) is 0 Å². The minimum Gasteiger partial charge on any atom is -0.508 e. The van der Waals surface area contributed by atoms with Crippen LogP contribution in [-0.4, -0.2) is 42.6 Å². The number of carbonyl (C=O) groups is 2. The highest BCUT2D eigenvalue weighted by Gasteiger charge is 2.09. The predicted molar refractivity (Wildman–Crippen MR) is 84.8 cm³/mol. The highest BCUT2D eigenvalue weighted by atomic mass is 16.4. The Morgan fingerprint density at radius 3 is 1.17 bits per heavy atom. The monoisotopic (exact) mass is 338 g/mol. The summed E-state index contributed by atoms with van der Waals surface area (Å²) in [7, 11) is 0. The summed E-state index contributed by atoms with van der Waals surface area (Å²) in [5.41, 5.74) is -0.602. The molecule has 2 rings (SSSR count). The lowest BCUT2D eigenvalue weighted by Crippen LogP contribution is -1.95. The van der Waals surface area contributed by atoms with Gasteiger partial charge in [-0.25, -0.2) is 9.59 Å². The molecule has 24 heavy (non-hydrogen) atoms. The van der Waals surface area contributed by atoms with Gasteiger partial charge in [0.1, 0.15) is 34.1 Å². The van der Waals surface area contributed by atoms with Crippen molar-refractivity contribution in [2.24, 2.45) is 0 Å². The molecule has 0 unspecified atom stereocenters. The molecule has 8 nitrogen and oxygen atoms in total. The minimum absolute atomic E-state index is 0.180. The maximum atomic E-state index is 10.3. The van der Waals surface area contributed by atoms with Crippen LogP contribution in [0.5, 0.6) is 23.0 Å². The first-order chi connectivity index (χ1) is 11.2. The van der Waals surface area contributed by atoms with Gasteiger partial charge in [0.2, 0.25) is 0 Å². The van der Waals surface area contributed by atoms with Gasteiger partial charge in [0.25, 0.3) is 0 Å². The lowest BCUT2D eigenvalue weighted by atomic mass is 10.2. The van der Waals surface area contributed by atoms with E-state index >= 15 is 0 Å². The standard InChI is InChI=1S/2C7H6O4.C2H6/c2*8-4-1-2-6(9)5(3-4)7(10)11;1-2/h2*1-3,8-9H,(H,10,11);1-2H3. The summed E-state index contributed by atoms with van der Waals surface area (Å²) >= 11 is 0. The van der Waals surface area contributed by atoms with Crippen LogP contribution in [0.2, 0.25) is 0 Å². The molecule has 0 aliphatic heterocycles. The second-order valence-corrected chi connectivity index (χ2v) is 4.01. The zero-order valence-corrected chi connectivity index (χ0v) is 13.0. The third-order valence-corrected chi connectivity index (χ3v) is 2.42. The number of hydrogen-bond donors (Lipinski definition) is 6. The van der Waals surface area contributed by atoms with E-state index in [0.29, 0.717) is 0 Å². The number of carboxylic acids is 2. The topological polar surface area (TPSA) is 156 Å². The van der Waals surface area contributed by atoms with Crippen molar-refractivity contribution in [3.05, 3.63) is 47.5 Å². The van der Waals surface area contributed by atoms with E-state index in [1.54, 1.807) is 0 Å². The average molecular weight is 338 g/mol. The molecule has 8 heteroatoms. The van der Waals surface area contributed by atoms with E-state index in [4.69, 9.17) is 30.6 Å². The summed E-state index contributed by atoms with van der Waals surface area (Å²) in [6.45, 7) is 4.00. The summed E-state index contributed by atoms with van der Waals surface area (Å²) in [5, 5.41) is 52.3. The minimum atomic E-state index is -1.27. The van der Waals surface area contributed by atoms with E-state index in [9.17, 15) is 9.59 Å². The molecule has 2 aromatic rings. The SMILES string of the molecule is CC.O=C(O)c1cc(O)ccc1O.O=C(O)c1cc(O)ccc1O. The Balaban J connectivity index is 0.000000400. The van der Waals surface area contributed by atoms with E-state index in [1.807, 2.05) is 13.8 Å². The number of hydrogen-bond acceptors (Lipinski definition) is 6. The van der Waals surface area contributed by atoms with E-state index in [2.05, 4.69) is 0 Å². The van der Waals surface area contributed by atoms with Gasteiger partial charge >= 0.3 is 11.9 Å². The third kappa shape index (κ3) is 6.14. The molecule has 0 atom stereocenters. The van der Waals surface area contributed by atoms with Crippen LogP contribution in [0.25, 0.3) is 0 Å². The van der Waals surface area contributed by atoms with Crippen molar-refractivity contribution < 1.29 is 40.2 Å². The van der Waals surface area contributed by atoms with Crippen LogP contribution in [0.4, 0.5) is 0 Å². The molecule has 6 N–H and O–H groups in total. The molecule has 0 aliphatic carbocycles. The summed E-state index contributed by atoms with van der Waals surface area (Å²) < 4.78 is 0. The summed E-state index contributed by atoms with van der Waals surface area (Å²) in [6, 6.07) is 6.64. The van der Waals surface area contributed by atoms with Crippen LogP contribution in [-0.2, 0) is 0 Å². The lowest BCUT2D eigenvalue weighted by molar-refractivity contribution is 0.0682. The maximum absolute atomic E-state index is 10.3. The van der Waals surface area contributed by atoms with Crippen LogP contribution in [0, 0.1) is 0 Å². The molecule has 0 saturated carbocycles. The van der Waals surface area contributed by atoms with Crippen LogP contribution in [0.15, 0.2) is 36.4 Å². The number of phenolic OH excluding ortho intramolecular Hbond substituents is 2. The molecule has 0 heterocycles. The maximum Gasteiger partial charge on any atom is 0.339 e. The van der Waals surface area contributed by atoms with Crippen molar-refractivity contribution >= 4 is 11.9 Å². The van der Waals surface area contributed by atoms with Gasteiger partial charge in [-0.3, -0.25) is 0 Å². The molecular weight excluding hydrogens is 320 g/mol. The zero-order valence-electron chi connectivity index (χ0n) is 13.0. The molecule has 130 valence electrons. The predicted octanol–water partition coefficient (Wildman–Crippen LogP) is 2.62. The zero-order chi connectivity index (χ0) is 18.9. The molecule has 0 amide bonds. The second-order valence-electron chi connectivity index (χ2n) is 4.01. The van der Waals surface area contributed by atoms with Crippen LogP contribution >= 0.6 is 0 Å². The van der Waals surface area contributed by atoms with E-state index in [1.165, 1.54) is 12.1 Å². The van der Waals surface area contributed by atoms with Gasteiger partial charge in [0.15, 0.2) is 0 Å². The largest absolute Gasteiger partial charge is 0.508 e. The number of carboxylic acid groups (broad SMARTS) is 2. The van der Waals surface area contributed by atoms with E-state index < -0.39 is 11.9 Å². The molecule has 0 fully saturated rings. The summed E-state index contributed by atoms with van der Waals surface area (Å²) in [5.74, 6) is -3.59. The van der Waals surface area contributed by atoms with Crippen LogP contribution < -0.4 is 0 Å². The molecule has 2 aromatic carbocycles. The first-order valence-corrected chi connectivity index (χ1v) is 6.73. The molecule has 0 saturated heterocycles. The Labute approximate surface area is 137 Å². The number of rotatable bonds is 2. The molecule has 0 aliphatic rings. The van der Waals surface area contributed by atoms with E-state index in [-0.39, 0.29) is 34.1 Å². The Hall–Kier alpha value is -3.42. The van der Waals surface area contributed by atoms with Gasteiger partial charge in [-0.2, -0.15) is 0 Å². The molecular formula is C16H18O8. The number of benzene rings is 2. The molecule has 0 radical (unpaired) electrons. The summed E-state index contributed by atoms with van der Waals surface area (Å²) in [6.07, 6.45) is 0. The normalized spacial score (nSPS) is 8.92. The Kier molecular flexibility index (Phi) is 8.20. The van der Waals surface area contributed by atoms with Crippen molar-refractivity contribution in [1.82, 2.24) is 0 Å². The van der Waals surface area contributed by atoms with Gasteiger partial charge in [-0.05, 0) is 36.4 Å². The first-order valence-electron chi connectivity index (χ1n) is 6.73. The fraction of sp³-hybridized carbons (Fsp3) is 0.125. The van der Waals surface area contributed by atoms with Gasteiger partial charge in [-0.15, -0.1) is 0 Å². The van der Waals surface area contributed by atoms with Crippen molar-refractivity contribution in [3.63, 3.8) is 0 Å². The Morgan fingerprint density at radius 2 is 0.958 bits per heavy atom. The van der Waals surface area contributed by atoms with Crippen molar-refractivity contribution in [2.75, 3.05) is 0 Å². The lowest BCUT2D eigenvalue weighted by Gasteiger charge is -1.98. The third-order valence-electron chi connectivity index (χ3n) is 2.42. The average Bonchev–Trinajstić information content (AvgIpc) is 2.54. The van der Waals surface area contributed by atoms with Gasteiger partial charge in [0.05, 0.1) is 0 Å². The second kappa shape index (κ2) is 9.57. The quantitative estimate of drug-likeness (QED) is 0.456. The van der Waals surface area contributed by atoms with Crippen molar-refractivity contribution in [3.8, 4) is 23.0 Å². The number of aromatic carboxylic acids is 2. The van der Waals surface area contributed by atoms with Crippen molar-refractivity contribution in [1.29, 1.82) is 0 Å². The Morgan fingerprint density at radius 1 is 0.667 bits per heavy atom. The number of phenols is 4. The Bertz CT molecular complexity index is 648. The van der Waals surface area contributed by atoms with Gasteiger partial charge in [-0.1, -0.05) is 13.8 Å². The fourth-order valence-electron chi connectivity index (χ4n) is 1.39. The summed E-state index contributed by atoms with van der Waals surface area (Å²) in [4.78, 5) is 20.6. The first kappa shape index (κ1) is 20.6. The molecule has 0 bridgehead atoms. The molecule has 0 aromatic heterocycles.